The lowest BCUT2D eigenvalue weighted by Gasteiger charge is -2.24. The van der Waals surface area contributed by atoms with E-state index in [1.807, 2.05) is 0 Å². The van der Waals surface area contributed by atoms with E-state index in [2.05, 4.69) is 10.6 Å². The highest BCUT2D eigenvalue weighted by Crippen LogP contribution is 2.39. The van der Waals surface area contributed by atoms with Gasteiger partial charge in [0.25, 0.3) is 0 Å². The van der Waals surface area contributed by atoms with E-state index in [9.17, 15) is 4.79 Å². The minimum absolute atomic E-state index is 0.272. The molecular formula is C9H13N2O. The highest BCUT2D eigenvalue weighted by atomic mass is 16.1. The van der Waals surface area contributed by atoms with Gasteiger partial charge in [-0.2, -0.15) is 0 Å². The molecule has 3 rings (SSSR count). The Labute approximate surface area is 71.9 Å². The summed E-state index contributed by atoms with van der Waals surface area (Å²) in [7, 11) is 0. The first-order valence-electron chi connectivity index (χ1n) is 4.76. The van der Waals surface area contributed by atoms with E-state index >= 15 is 0 Å². The van der Waals surface area contributed by atoms with Gasteiger partial charge in [-0.3, -0.25) is 4.79 Å². The van der Waals surface area contributed by atoms with E-state index in [0.717, 1.165) is 32.4 Å². The predicted octanol–water partition coefficient (Wildman–Crippen LogP) is -0.316. The van der Waals surface area contributed by atoms with Crippen LogP contribution in [-0.2, 0) is 4.79 Å². The zero-order chi connectivity index (χ0) is 8.18. The number of rotatable bonds is 2. The van der Waals surface area contributed by atoms with Gasteiger partial charge in [-0.05, 0) is 19.3 Å². The SMILES string of the molecule is O=C(C1CC1)C12CNC(C[N]1)C2. The molecule has 12 heavy (non-hydrogen) atoms. The van der Waals surface area contributed by atoms with Crippen molar-refractivity contribution in [1.82, 2.24) is 10.6 Å². The van der Waals surface area contributed by atoms with Crippen molar-refractivity contribution in [3.05, 3.63) is 0 Å². The van der Waals surface area contributed by atoms with E-state index in [-0.39, 0.29) is 5.54 Å². The van der Waals surface area contributed by atoms with Crippen molar-refractivity contribution < 1.29 is 4.79 Å². The molecule has 0 amide bonds. The topological polar surface area (TPSA) is 43.2 Å². The normalized spacial score (nSPS) is 45.2. The smallest absolute Gasteiger partial charge is 0.158 e. The van der Waals surface area contributed by atoms with Crippen LogP contribution >= 0.6 is 0 Å². The molecule has 1 radical (unpaired) electrons. The summed E-state index contributed by atoms with van der Waals surface area (Å²) in [6.07, 6.45) is 3.20. The van der Waals surface area contributed by atoms with E-state index in [1.54, 1.807) is 0 Å². The Morgan fingerprint density at radius 2 is 2.33 bits per heavy atom. The van der Waals surface area contributed by atoms with Gasteiger partial charge in [0.2, 0.25) is 0 Å². The number of ketones is 1. The fourth-order valence-corrected chi connectivity index (χ4v) is 2.39. The zero-order valence-corrected chi connectivity index (χ0v) is 7.05. The first kappa shape index (κ1) is 7.04. The molecule has 0 spiro atoms. The van der Waals surface area contributed by atoms with Crippen molar-refractivity contribution in [2.45, 2.75) is 30.8 Å². The molecule has 2 bridgehead atoms. The third-order valence-electron chi connectivity index (χ3n) is 3.29. The van der Waals surface area contributed by atoms with Gasteiger partial charge >= 0.3 is 0 Å². The Hall–Kier alpha value is -0.410. The Morgan fingerprint density at radius 3 is 2.75 bits per heavy atom. The van der Waals surface area contributed by atoms with Crippen molar-refractivity contribution in [3.8, 4) is 0 Å². The molecule has 65 valence electrons. The van der Waals surface area contributed by atoms with E-state index in [4.69, 9.17) is 0 Å². The minimum Gasteiger partial charge on any atom is -0.310 e. The van der Waals surface area contributed by atoms with Gasteiger partial charge in [0.05, 0.1) is 0 Å². The van der Waals surface area contributed by atoms with Gasteiger partial charge in [0.1, 0.15) is 5.54 Å². The van der Waals surface area contributed by atoms with Crippen molar-refractivity contribution in [1.29, 1.82) is 0 Å². The molecule has 0 aromatic rings. The maximum atomic E-state index is 11.9. The van der Waals surface area contributed by atoms with Gasteiger partial charge < -0.3 is 5.32 Å². The Balaban J connectivity index is 1.84. The third-order valence-corrected chi connectivity index (χ3v) is 3.29. The van der Waals surface area contributed by atoms with Gasteiger partial charge in [0.15, 0.2) is 5.78 Å². The fraction of sp³-hybridized carbons (Fsp3) is 0.889. The second-order valence-electron chi connectivity index (χ2n) is 4.29. The van der Waals surface area contributed by atoms with Crippen LogP contribution in [-0.4, -0.2) is 30.5 Å². The van der Waals surface area contributed by atoms with Crippen molar-refractivity contribution in [2.24, 2.45) is 5.92 Å². The molecule has 3 fully saturated rings. The summed E-state index contributed by atoms with van der Waals surface area (Å²) in [6.45, 7) is 1.67. The molecule has 2 atom stereocenters. The molecule has 1 aliphatic carbocycles. The van der Waals surface area contributed by atoms with Gasteiger partial charge in [-0.25, -0.2) is 5.32 Å². The van der Waals surface area contributed by atoms with E-state index in [1.165, 1.54) is 0 Å². The number of nitrogens with one attached hydrogen (secondary N) is 1. The maximum absolute atomic E-state index is 11.9. The molecule has 2 heterocycles. The molecular weight excluding hydrogens is 152 g/mol. The zero-order valence-electron chi connectivity index (χ0n) is 7.05. The van der Waals surface area contributed by atoms with Crippen LogP contribution in [0.3, 0.4) is 0 Å². The minimum atomic E-state index is -0.272. The van der Waals surface area contributed by atoms with Gasteiger partial charge in [-0.15, -0.1) is 0 Å². The number of piperazine rings is 1. The second kappa shape index (κ2) is 2.09. The molecule has 1 saturated carbocycles. The van der Waals surface area contributed by atoms with E-state index < -0.39 is 0 Å². The lowest BCUT2D eigenvalue weighted by molar-refractivity contribution is -0.125. The molecule has 3 heteroatoms. The lowest BCUT2D eigenvalue weighted by Crippen LogP contribution is -2.51. The third kappa shape index (κ3) is 0.808. The van der Waals surface area contributed by atoms with Crippen LogP contribution in [0.5, 0.6) is 0 Å². The number of hydrogen-bond donors (Lipinski definition) is 1. The summed E-state index contributed by atoms with van der Waals surface area (Å²) >= 11 is 0. The first-order valence-corrected chi connectivity index (χ1v) is 4.76. The van der Waals surface area contributed by atoms with Crippen LogP contribution in [0.4, 0.5) is 0 Å². The maximum Gasteiger partial charge on any atom is 0.158 e. The summed E-state index contributed by atoms with van der Waals surface area (Å²) in [5.74, 6) is 0.794. The van der Waals surface area contributed by atoms with Gasteiger partial charge in [-0.1, -0.05) is 0 Å². The van der Waals surface area contributed by atoms with Crippen LogP contribution in [0, 0.1) is 5.92 Å². The first-order chi connectivity index (χ1) is 5.80. The molecule has 2 unspecified atom stereocenters. The monoisotopic (exact) mass is 165 g/mol. The molecule has 3 aliphatic rings. The Kier molecular flexibility index (Phi) is 1.23. The summed E-state index contributed by atoms with van der Waals surface area (Å²) < 4.78 is 0. The molecule has 3 nitrogen and oxygen atoms in total. The van der Waals surface area contributed by atoms with Crippen LogP contribution in [0.1, 0.15) is 19.3 Å². The molecule has 0 aromatic heterocycles. The highest BCUT2D eigenvalue weighted by Gasteiger charge is 2.54. The summed E-state index contributed by atoms with van der Waals surface area (Å²) in [5.41, 5.74) is -0.272. The van der Waals surface area contributed by atoms with Crippen molar-refractivity contribution in [2.75, 3.05) is 13.1 Å². The Bertz CT molecular complexity index is 227. The van der Waals surface area contributed by atoms with E-state index in [0.29, 0.717) is 17.7 Å². The van der Waals surface area contributed by atoms with Gasteiger partial charge in [0, 0.05) is 25.0 Å². The molecule has 2 saturated heterocycles. The molecule has 2 aliphatic heterocycles. The summed E-state index contributed by atoms with van der Waals surface area (Å²) in [5, 5.41) is 7.83. The quantitative estimate of drug-likeness (QED) is 0.609. The van der Waals surface area contributed by atoms with Crippen molar-refractivity contribution in [3.63, 3.8) is 0 Å². The van der Waals surface area contributed by atoms with Crippen LogP contribution in [0.15, 0.2) is 0 Å². The number of Topliss-reactive ketones (excluding diaryl/α,β-unsaturated/α-hetero) is 1. The van der Waals surface area contributed by atoms with Crippen LogP contribution in [0.2, 0.25) is 0 Å². The largest absolute Gasteiger partial charge is 0.310 e. The number of nitrogens with zero attached hydrogens (tertiary/aromatic N) is 1. The lowest BCUT2D eigenvalue weighted by atomic mass is 9.91. The Morgan fingerprint density at radius 1 is 1.50 bits per heavy atom. The summed E-state index contributed by atoms with van der Waals surface area (Å²) in [4.78, 5) is 11.9. The number of carbonyl (C=O) groups excluding carboxylic acids is 1. The number of fused-ring (bicyclic) bond motifs is 2. The average Bonchev–Trinajstić information content (AvgIpc) is 2.75. The van der Waals surface area contributed by atoms with Crippen molar-refractivity contribution >= 4 is 5.78 Å². The molecule has 1 N–H and O–H groups in total. The van der Waals surface area contributed by atoms with Crippen LogP contribution in [0.25, 0.3) is 0 Å². The summed E-state index contributed by atoms with van der Waals surface area (Å²) in [6, 6.07) is 0.507. The fourth-order valence-electron chi connectivity index (χ4n) is 2.39. The highest BCUT2D eigenvalue weighted by molar-refractivity contribution is 5.93. The standard InChI is InChI=1S/C9H13N2O/c12-8(6-1-2-6)9-3-7(4-11-9)10-5-9/h6-7,10H,1-5H2. The van der Waals surface area contributed by atoms with Crippen LogP contribution < -0.4 is 10.6 Å². The number of hydrogen-bond acceptors (Lipinski definition) is 2. The molecule has 0 aromatic carbocycles. The second-order valence-corrected chi connectivity index (χ2v) is 4.29. The predicted molar refractivity (Wildman–Crippen MR) is 43.9 cm³/mol. The average molecular weight is 165 g/mol. The number of carbonyl (C=O) groups is 1.